The van der Waals surface area contributed by atoms with Gasteiger partial charge in [-0.05, 0) is 6.92 Å². The minimum Gasteiger partial charge on any atom is -0.273 e. The molecule has 0 aromatic rings. The second-order valence-electron chi connectivity index (χ2n) is 1.58. The molecule has 0 aromatic carbocycles. The summed E-state index contributed by atoms with van der Waals surface area (Å²) in [7, 11) is 0. The minimum atomic E-state index is 0.728. The highest BCUT2D eigenvalue weighted by atomic mass is 16.7. The van der Waals surface area contributed by atoms with Crippen molar-refractivity contribution in [2.75, 3.05) is 19.7 Å². The van der Waals surface area contributed by atoms with Gasteiger partial charge in [-0.25, -0.2) is 5.06 Å². The van der Waals surface area contributed by atoms with Crippen LogP contribution in [0.25, 0.3) is 0 Å². The van der Waals surface area contributed by atoms with Crippen molar-refractivity contribution in [1.82, 2.24) is 5.06 Å². The second-order valence-corrected chi connectivity index (χ2v) is 1.58. The third-order valence-electron chi connectivity index (χ3n) is 0.955. The van der Waals surface area contributed by atoms with Crippen molar-refractivity contribution in [3.05, 3.63) is 0 Å². The fraction of sp³-hybridized carbons (Fsp3) is 0.800. The van der Waals surface area contributed by atoms with Crippen molar-refractivity contribution < 1.29 is 4.84 Å². The van der Waals surface area contributed by atoms with E-state index in [0.717, 1.165) is 19.7 Å². The molecule has 0 N–H and O–H groups in total. The van der Waals surface area contributed by atoms with Gasteiger partial charge in [-0.15, -0.1) is 0 Å². The van der Waals surface area contributed by atoms with E-state index in [1.807, 2.05) is 6.92 Å². The number of hydrogen-bond donors (Lipinski definition) is 0. The molecule has 0 amide bonds. The van der Waals surface area contributed by atoms with E-state index in [9.17, 15) is 0 Å². The molecule has 0 radical (unpaired) electrons. The molecule has 46 valence electrons. The summed E-state index contributed by atoms with van der Waals surface area (Å²) in [6.07, 6.45) is 1.73. The zero-order valence-corrected chi connectivity index (χ0v) is 5.00. The van der Waals surface area contributed by atoms with Crippen LogP contribution >= 0.6 is 0 Å². The van der Waals surface area contributed by atoms with Gasteiger partial charge in [0.2, 0.25) is 0 Å². The highest BCUT2D eigenvalue weighted by Crippen LogP contribution is 1.92. The van der Waals surface area contributed by atoms with E-state index in [1.54, 1.807) is 11.4 Å². The molecule has 1 rings (SSSR count). The molecule has 0 atom stereocenters. The summed E-state index contributed by atoms with van der Waals surface area (Å²) in [4.78, 5) is 9.05. The summed E-state index contributed by atoms with van der Waals surface area (Å²) >= 11 is 0. The van der Waals surface area contributed by atoms with Crippen LogP contribution in [-0.4, -0.2) is 31.1 Å². The molecule has 3 nitrogen and oxygen atoms in total. The standard InChI is InChI=1S/C5H10N2O/c1-2-8-7-4-3-6-5-7/h5H,2-4H2,1H3. The predicted octanol–water partition coefficient (Wildman–Crippen LogP) is 0.282. The Morgan fingerprint density at radius 2 is 2.75 bits per heavy atom. The SMILES string of the molecule is CCON1C=NCC1. The van der Waals surface area contributed by atoms with Crippen LogP contribution in [0.3, 0.4) is 0 Å². The van der Waals surface area contributed by atoms with Crippen LogP contribution < -0.4 is 0 Å². The fourth-order valence-corrected chi connectivity index (χ4v) is 0.627. The topological polar surface area (TPSA) is 24.8 Å². The molecule has 0 saturated heterocycles. The van der Waals surface area contributed by atoms with E-state index in [1.165, 1.54) is 0 Å². The van der Waals surface area contributed by atoms with E-state index in [2.05, 4.69) is 4.99 Å². The lowest BCUT2D eigenvalue weighted by Gasteiger charge is -2.10. The predicted molar refractivity (Wildman–Crippen MR) is 31.7 cm³/mol. The third kappa shape index (κ3) is 1.20. The molecule has 0 unspecified atom stereocenters. The van der Waals surface area contributed by atoms with E-state index >= 15 is 0 Å². The normalized spacial score (nSPS) is 17.9. The van der Waals surface area contributed by atoms with Gasteiger partial charge in [-0.2, -0.15) is 0 Å². The fourth-order valence-electron chi connectivity index (χ4n) is 0.627. The van der Waals surface area contributed by atoms with Crippen molar-refractivity contribution in [2.45, 2.75) is 6.92 Å². The smallest absolute Gasteiger partial charge is 0.110 e. The Balaban J connectivity index is 2.16. The molecule has 0 fully saturated rings. The lowest BCUT2D eigenvalue weighted by molar-refractivity contribution is -0.0802. The van der Waals surface area contributed by atoms with Gasteiger partial charge in [0.15, 0.2) is 0 Å². The van der Waals surface area contributed by atoms with Crippen molar-refractivity contribution in [1.29, 1.82) is 0 Å². The molecular weight excluding hydrogens is 104 g/mol. The number of hydroxylamine groups is 2. The number of aliphatic imine (C=N–C) groups is 1. The lowest BCUT2D eigenvalue weighted by Crippen LogP contribution is -2.19. The van der Waals surface area contributed by atoms with Crippen LogP contribution in [-0.2, 0) is 4.84 Å². The maximum absolute atomic E-state index is 5.09. The Kier molecular flexibility index (Phi) is 1.86. The Morgan fingerprint density at radius 3 is 3.25 bits per heavy atom. The molecule has 1 aliphatic rings. The Bertz CT molecular complexity index is 92.4. The maximum atomic E-state index is 5.09. The second kappa shape index (κ2) is 2.67. The largest absolute Gasteiger partial charge is 0.273 e. The first-order valence-corrected chi connectivity index (χ1v) is 2.83. The lowest BCUT2D eigenvalue weighted by atomic mass is 10.7. The van der Waals surface area contributed by atoms with E-state index < -0.39 is 0 Å². The van der Waals surface area contributed by atoms with Gasteiger partial charge >= 0.3 is 0 Å². The summed E-state index contributed by atoms with van der Waals surface area (Å²) in [5, 5.41) is 1.75. The quantitative estimate of drug-likeness (QED) is 0.515. The molecule has 0 aromatic heterocycles. The van der Waals surface area contributed by atoms with Crippen LogP contribution in [0.2, 0.25) is 0 Å². The summed E-state index contributed by atoms with van der Waals surface area (Å²) in [6, 6.07) is 0. The highest BCUT2D eigenvalue weighted by Gasteiger charge is 2.02. The molecule has 1 heterocycles. The van der Waals surface area contributed by atoms with Crippen molar-refractivity contribution in [3.63, 3.8) is 0 Å². The van der Waals surface area contributed by atoms with Gasteiger partial charge in [-0.1, -0.05) is 0 Å². The minimum absolute atomic E-state index is 0.728. The van der Waals surface area contributed by atoms with E-state index in [0.29, 0.717) is 0 Å². The zero-order valence-electron chi connectivity index (χ0n) is 5.00. The molecule has 0 bridgehead atoms. The van der Waals surface area contributed by atoms with Gasteiger partial charge in [0.05, 0.1) is 19.7 Å². The van der Waals surface area contributed by atoms with Crippen LogP contribution in [0.4, 0.5) is 0 Å². The first-order valence-electron chi connectivity index (χ1n) is 2.83. The Hall–Kier alpha value is -0.570. The summed E-state index contributed by atoms with van der Waals surface area (Å²) in [5.41, 5.74) is 0. The van der Waals surface area contributed by atoms with Crippen molar-refractivity contribution in [2.24, 2.45) is 4.99 Å². The molecule has 0 saturated carbocycles. The van der Waals surface area contributed by atoms with Crippen LogP contribution in [0.5, 0.6) is 0 Å². The number of rotatable bonds is 2. The third-order valence-corrected chi connectivity index (χ3v) is 0.955. The van der Waals surface area contributed by atoms with Gasteiger partial charge in [0.1, 0.15) is 6.34 Å². The van der Waals surface area contributed by atoms with Crippen LogP contribution in [0, 0.1) is 0 Å². The Morgan fingerprint density at radius 1 is 1.88 bits per heavy atom. The van der Waals surface area contributed by atoms with Crippen molar-refractivity contribution >= 4 is 6.34 Å². The zero-order chi connectivity index (χ0) is 5.82. The van der Waals surface area contributed by atoms with Gasteiger partial charge in [-0.3, -0.25) is 9.83 Å². The average molecular weight is 114 g/mol. The van der Waals surface area contributed by atoms with Gasteiger partial charge < -0.3 is 0 Å². The number of nitrogens with zero attached hydrogens (tertiary/aromatic N) is 2. The summed E-state index contributed by atoms with van der Waals surface area (Å²) in [6.45, 7) is 4.48. The first kappa shape index (κ1) is 5.56. The molecular formula is C5H10N2O. The van der Waals surface area contributed by atoms with Gasteiger partial charge in [0.25, 0.3) is 0 Å². The molecule has 8 heavy (non-hydrogen) atoms. The van der Waals surface area contributed by atoms with Crippen LogP contribution in [0.15, 0.2) is 4.99 Å². The first-order chi connectivity index (χ1) is 3.93. The molecule has 3 heteroatoms. The molecule has 0 aliphatic carbocycles. The summed E-state index contributed by atoms with van der Waals surface area (Å²) < 4.78 is 0. The Labute approximate surface area is 48.9 Å². The van der Waals surface area contributed by atoms with E-state index in [4.69, 9.17) is 4.84 Å². The maximum Gasteiger partial charge on any atom is 0.110 e. The number of hydrogen-bond acceptors (Lipinski definition) is 3. The molecule has 1 aliphatic heterocycles. The average Bonchev–Trinajstić information content (AvgIpc) is 2.19. The highest BCUT2D eigenvalue weighted by molar-refractivity contribution is 5.55. The van der Waals surface area contributed by atoms with Crippen molar-refractivity contribution in [3.8, 4) is 0 Å². The van der Waals surface area contributed by atoms with Crippen LogP contribution in [0.1, 0.15) is 6.92 Å². The van der Waals surface area contributed by atoms with Gasteiger partial charge in [0, 0.05) is 0 Å². The monoisotopic (exact) mass is 114 g/mol. The summed E-state index contributed by atoms with van der Waals surface area (Å²) in [5.74, 6) is 0. The molecule has 0 spiro atoms. The van der Waals surface area contributed by atoms with E-state index in [-0.39, 0.29) is 0 Å².